The number of benzene rings is 2. The van der Waals surface area contributed by atoms with Crippen molar-refractivity contribution in [2.24, 2.45) is 5.92 Å². The smallest absolute Gasteiger partial charge is 0.123 e. The van der Waals surface area contributed by atoms with E-state index in [1.54, 1.807) is 7.11 Å². The van der Waals surface area contributed by atoms with Gasteiger partial charge in [-0.15, -0.1) is 0 Å². The van der Waals surface area contributed by atoms with E-state index in [4.69, 9.17) is 4.74 Å². The second-order valence-electron chi connectivity index (χ2n) is 8.53. The number of hydrogen-bond acceptors (Lipinski definition) is 4. The SMILES string of the molecule is COc1ccccc1CN[C@@H]1C2CCN(CC2)[C@H]1C(c1ccccc1)c1ccsc1. The molecular weight excluding hydrogens is 388 g/mol. The Labute approximate surface area is 183 Å². The summed E-state index contributed by atoms with van der Waals surface area (Å²) in [5, 5.41) is 8.55. The molecule has 0 aliphatic carbocycles. The average Bonchev–Trinajstić information content (AvgIpc) is 3.34. The van der Waals surface area contributed by atoms with Crippen LogP contribution in [-0.2, 0) is 6.54 Å². The number of fused-ring (bicyclic) bond motifs is 3. The van der Waals surface area contributed by atoms with Gasteiger partial charge in [0.05, 0.1) is 7.11 Å². The molecule has 0 saturated carbocycles. The van der Waals surface area contributed by atoms with Crippen LogP contribution in [0.25, 0.3) is 0 Å². The number of nitrogens with zero attached hydrogens (tertiary/aromatic N) is 1. The van der Waals surface area contributed by atoms with Crippen molar-refractivity contribution in [1.82, 2.24) is 10.2 Å². The van der Waals surface area contributed by atoms with Crippen molar-refractivity contribution in [3.8, 4) is 5.75 Å². The second kappa shape index (κ2) is 8.93. The molecule has 1 unspecified atom stereocenters. The fourth-order valence-electron chi connectivity index (χ4n) is 5.56. The number of methoxy groups -OCH3 is 1. The third-order valence-electron chi connectivity index (χ3n) is 6.99. The van der Waals surface area contributed by atoms with Crippen LogP contribution in [0.5, 0.6) is 5.75 Å². The van der Waals surface area contributed by atoms with E-state index in [0.29, 0.717) is 18.0 Å². The Kier molecular flexibility index (Phi) is 5.89. The van der Waals surface area contributed by atoms with E-state index in [0.717, 1.165) is 18.2 Å². The van der Waals surface area contributed by atoms with Gasteiger partial charge in [-0.25, -0.2) is 0 Å². The molecule has 6 rings (SSSR count). The van der Waals surface area contributed by atoms with Crippen molar-refractivity contribution in [2.75, 3.05) is 20.2 Å². The standard InChI is InChI=1S/C26H30N2OS/c1-29-23-10-6-5-9-21(23)17-27-25-20-11-14-28(15-12-20)26(25)24(22-13-16-30-18-22)19-7-3-2-4-8-19/h2-10,13,16,18,20,24-27H,11-12,14-15,17H2,1H3/t24?,25-,26+/m1/s1. The average molecular weight is 419 g/mol. The summed E-state index contributed by atoms with van der Waals surface area (Å²) in [6.45, 7) is 3.28. The Morgan fingerprint density at radius 2 is 1.77 bits per heavy atom. The van der Waals surface area contributed by atoms with E-state index >= 15 is 0 Å². The highest BCUT2D eigenvalue weighted by molar-refractivity contribution is 7.08. The van der Waals surface area contributed by atoms with Gasteiger partial charge in [0.25, 0.3) is 0 Å². The second-order valence-corrected chi connectivity index (χ2v) is 9.31. The summed E-state index contributed by atoms with van der Waals surface area (Å²) in [5.41, 5.74) is 4.12. The van der Waals surface area contributed by atoms with E-state index in [2.05, 4.69) is 75.6 Å². The molecule has 3 aromatic rings. The van der Waals surface area contributed by atoms with Gasteiger partial charge in [0.2, 0.25) is 0 Å². The molecule has 0 amide bonds. The summed E-state index contributed by atoms with van der Waals surface area (Å²) >= 11 is 1.81. The maximum Gasteiger partial charge on any atom is 0.123 e. The lowest BCUT2D eigenvalue weighted by molar-refractivity contribution is 0.00467. The molecule has 3 fully saturated rings. The molecule has 3 aliphatic rings. The number of nitrogens with one attached hydrogen (secondary N) is 1. The fourth-order valence-corrected chi connectivity index (χ4v) is 6.26. The summed E-state index contributed by atoms with van der Waals surface area (Å²) < 4.78 is 5.60. The molecule has 4 heterocycles. The normalized spacial score (nSPS) is 26.4. The number of para-hydroxylation sites is 1. The first-order valence-electron chi connectivity index (χ1n) is 11.0. The van der Waals surface area contributed by atoms with Crippen LogP contribution in [0, 0.1) is 5.92 Å². The first-order valence-corrected chi connectivity index (χ1v) is 12.0. The Bertz CT molecular complexity index is 935. The maximum absolute atomic E-state index is 5.60. The summed E-state index contributed by atoms with van der Waals surface area (Å²) in [7, 11) is 1.76. The van der Waals surface area contributed by atoms with Crippen LogP contribution in [-0.4, -0.2) is 37.2 Å². The van der Waals surface area contributed by atoms with E-state index in [1.807, 2.05) is 17.4 Å². The molecule has 0 radical (unpaired) electrons. The van der Waals surface area contributed by atoms with E-state index in [1.165, 1.54) is 42.6 Å². The summed E-state index contributed by atoms with van der Waals surface area (Å²) in [6.07, 6.45) is 2.59. The predicted octanol–water partition coefficient (Wildman–Crippen LogP) is 5.14. The van der Waals surface area contributed by atoms with Crippen LogP contribution in [0.2, 0.25) is 0 Å². The molecule has 2 bridgehead atoms. The first-order chi connectivity index (χ1) is 14.8. The lowest BCUT2D eigenvalue weighted by atomic mass is 9.71. The van der Waals surface area contributed by atoms with Gasteiger partial charge in [0, 0.05) is 30.1 Å². The van der Waals surface area contributed by atoms with Crippen LogP contribution >= 0.6 is 11.3 Å². The van der Waals surface area contributed by atoms with E-state index < -0.39 is 0 Å². The van der Waals surface area contributed by atoms with Gasteiger partial charge >= 0.3 is 0 Å². The van der Waals surface area contributed by atoms with Crippen LogP contribution in [0.3, 0.4) is 0 Å². The molecule has 3 nitrogen and oxygen atoms in total. The van der Waals surface area contributed by atoms with Gasteiger partial charge in [-0.2, -0.15) is 11.3 Å². The zero-order valence-electron chi connectivity index (χ0n) is 17.5. The zero-order valence-corrected chi connectivity index (χ0v) is 18.4. The van der Waals surface area contributed by atoms with E-state index in [9.17, 15) is 0 Å². The minimum Gasteiger partial charge on any atom is -0.496 e. The topological polar surface area (TPSA) is 24.5 Å². The van der Waals surface area contributed by atoms with Crippen molar-refractivity contribution in [3.05, 3.63) is 88.1 Å². The van der Waals surface area contributed by atoms with Crippen LogP contribution in [0.4, 0.5) is 0 Å². The van der Waals surface area contributed by atoms with Crippen LogP contribution in [0.1, 0.15) is 35.4 Å². The quantitative estimate of drug-likeness (QED) is 0.575. The highest BCUT2D eigenvalue weighted by Gasteiger charge is 2.46. The fraction of sp³-hybridized carbons (Fsp3) is 0.385. The number of ether oxygens (including phenoxy) is 1. The Morgan fingerprint density at radius 1 is 1.00 bits per heavy atom. The maximum atomic E-state index is 5.60. The zero-order chi connectivity index (χ0) is 20.3. The monoisotopic (exact) mass is 418 g/mol. The largest absolute Gasteiger partial charge is 0.496 e. The van der Waals surface area contributed by atoms with Crippen molar-refractivity contribution in [2.45, 2.75) is 37.4 Å². The molecule has 30 heavy (non-hydrogen) atoms. The summed E-state index contributed by atoms with van der Waals surface area (Å²) in [5.74, 6) is 2.11. The molecule has 2 aromatic carbocycles. The van der Waals surface area contributed by atoms with Crippen molar-refractivity contribution in [1.29, 1.82) is 0 Å². The highest BCUT2D eigenvalue weighted by atomic mass is 32.1. The summed E-state index contributed by atoms with van der Waals surface area (Å²) in [6, 6.07) is 22.8. The lowest BCUT2D eigenvalue weighted by Gasteiger charge is -2.54. The Balaban J connectivity index is 1.47. The molecule has 1 N–H and O–H groups in total. The van der Waals surface area contributed by atoms with Gasteiger partial charge in [0.1, 0.15) is 5.75 Å². The van der Waals surface area contributed by atoms with Crippen LogP contribution in [0.15, 0.2) is 71.4 Å². The third kappa shape index (κ3) is 3.80. The van der Waals surface area contributed by atoms with Gasteiger partial charge < -0.3 is 10.1 Å². The van der Waals surface area contributed by atoms with Gasteiger partial charge in [-0.3, -0.25) is 4.90 Å². The van der Waals surface area contributed by atoms with Crippen molar-refractivity contribution >= 4 is 11.3 Å². The molecular formula is C26H30N2OS. The highest BCUT2D eigenvalue weighted by Crippen LogP contribution is 2.42. The molecule has 4 heteroatoms. The van der Waals surface area contributed by atoms with Gasteiger partial charge in [-0.05, 0) is 65.9 Å². The molecule has 0 spiro atoms. The van der Waals surface area contributed by atoms with Gasteiger partial charge in [0.15, 0.2) is 0 Å². The third-order valence-corrected chi connectivity index (χ3v) is 7.70. The van der Waals surface area contributed by atoms with Crippen molar-refractivity contribution in [3.63, 3.8) is 0 Å². The molecule has 156 valence electrons. The van der Waals surface area contributed by atoms with Crippen molar-refractivity contribution < 1.29 is 4.74 Å². The Morgan fingerprint density at radius 3 is 2.50 bits per heavy atom. The minimum absolute atomic E-state index is 0.399. The number of thiophene rings is 1. The Hall–Kier alpha value is -2.14. The lowest BCUT2D eigenvalue weighted by Crippen LogP contribution is -2.64. The summed E-state index contributed by atoms with van der Waals surface area (Å²) in [4.78, 5) is 2.75. The number of hydrogen-bond donors (Lipinski definition) is 1. The molecule has 1 aromatic heterocycles. The molecule has 3 saturated heterocycles. The first kappa shape index (κ1) is 19.8. The number of rotatable bonds is 7. The van der Waals surface area contributed by atoms with Gasteiger partial charge in [-0.1, -0.05) is 48.5 Å². The van der Waals surface area contributed by atoms with Crippen LogP contribution < -0.4 is 10.1 Å². The predicted molar refractivity (Wildman–Crippen MR) is 124 cm³/mol. The molecule has 3 atom stereocenters. The van der Waals surface area contributed by atoms with E-state index in [-0.39, 0.29) is 0 Å². The number of piperidine rings is 3. The minimum atomic E-state index is 0.399. The molecule has 3 aliphatic heterocycles.